The van der Waals surface area contributed by atoms with Gasteiger partial charge in [-0.05, 0) is 0 Å². The number of hydrogen-bond acceptors (Lipinski definition) is 11. The summed E-state index contributed by atoms with van der Waals surface area (Å²) in [5, 5.41) is 34.3. The zero-order valence-electron chi connectivity index (χ0n) is 13.1. The number of nitrogen functional groups attached to an aromatic ring is 1. The van der Waals surface area contributed by atoms with Crippen molar-refractivity contribution in [3.63, 3.8) is 0 Å². The number of ether oxygens (including phenoxy) is 1. The molecule has 0 unspecified atom stereocenters. The van der Waals surface area contributed by atoms with E-state index in [0.717, 1.165) is 0 Å². The molecule has 16 heteroatoms. The number of nitrogens with zero attached hydrogens (tertiary/aromatic N) is 4. The molecule has 0 saturated carbocycles. The van der Waals surface area contributed by atoms with Crippen LogP contribution in [-0.4, -0.2) is 82.2 Å². The lowest BCUT2D eigenvalue weighted by molar-refractivity contribution is -0.0504. The van der Waals surface area contributed by atoms with Crippen LogP contribution in [0.15, 0.2) is 12.7 Å². The van der Waals surface area contributed by atoms with Crippen LogP contribution in [-0.2, 0) is 13.8 Å². The third-order valence-corrected chi connectivity index (χ3v) is 3.89. The lowest BCUT2D eigenvalue weighted by Crippen LogP contribution is -2.33. The Hall–Kier alpha value is -1.68. The van der Waals surface area contributed by atoms with E-state index in [-0.39, 0.29) is 11.5 Å². The third-order valence-electron chi connectivity index (χ3n) is 3.41. The van der Waals surface area contributed by atoms with Gasteiger partial charge < -0.3 is 40.5 Å². The van der Waals surface area contributed by atoms with Crippen LogP contribution in [0.3, 0.4) is 0 Å². The molecule has 1 aliphatic rings. The molecule has 2 aromatic heterocycles. The Morgan fingerprint density at radius 2 is 1.92 bits per heavy atom. The molecule has 2 aromatic rings. The Balaban J connectivity index is 0.000000758. The van der Waals surface area contributed by atoms with Gasteiger partial charge in [0.15, 0.2) is 17.7 Å². The first-order valence-corrected chi connectivity index (χ1v) is 8.59. The minimum Gasteiger partial charge on any atom is -0.430 e. The normalized spacial score (nSPS) is 25.8. The molecule has 26 heavy (non-hydrogen) atoms. The predicted octanol–water partition coefficient (Wildman–Crippen LogP) is -3.63. The molecule has 0 aromatic carbocycles. The van der Waals surface area contributed by atoms with Gasteiger partial charge in [0, 0.05) is 0 Å². The minimum atomic E-state index is -4.72. The van der Waals surface area contributed by atoms with Gasteiger partial charge in [0.1, 0.15) is 30.2 Å². The smallest absolute Gasteiger partial charge is 0.430 e. The van der Waals surface area contributed by atoms with E-state index in [1.165, 1.54) is 17.2 Å². The van der Waals surface area contributed by atoms with Crippen LogP contribution in [0.2, 0.25) is 0 Å². The van der Waals surface area contributed by atoms with Crippen LogP contribution in [0.5, 0.6) is 0 Å². The predicted molar refractivity (Wildman–Crippen MR) is 85.2 cm³/mol. The number of aliphatic hydroxyl groups is 2. The first-order chi connectivity index (χ1) is 12.2. The number of aliphatic hydroxyl groups excluding tert-OH is 2. The number of fused-ring (bicyclic) bond motifs is 1. The van der Waals surface area contributed by atoms with E-state index in [9.17, 15) is 14.8 Å². The fraction of sp³-hybridized carbons (Fsp3) is 0.500. The Kier molecular flexibility index (Phi) is 6.62. The van der Waals surface area contributed by atoms with Crippen molar-refractivity contribution < 1.29 is 43.9 Å². The van der Waals surface area contributed by atoms with Crippen molar-refractivity contribution in [3.05, 3.63) is 12.7 Å². The summed E-state index contributed by atoms with van der Waals surface area (Å²) in [5.74, 6) is 0.142. The van der Waals surface area contributed by atoms with Crippen LogP contribution >= 0.6 is 7.82 Å². The van der Waals surface area contributed by atoms with Crippen molar-refractivity contribution in [1.29, 1.82) is 0 Å². The van der Waals surface area contributed by atoms with Crippen LogP contribution in [0, 0.1) is 0 Å². The van der Waals surface area contributed by atoms with Gasteiger partial charge in [0.05, 0.1) is 12.9 Å². The molecular weight excluding hydrogens is 376 g/mol. The Bertz CT molecular complexity index is 787. The average Bonchev–Trinajstić information content (AvgIpc) is 3.10. The molecule has 1 fully saturated rings. The second kappa shape index (κ2) is 8.34. The molecule has 0 amide bonds. The molecule has 14 nitrogen and oxygen atoms in total. The van der Waals surface area contributed by atoms with Crippen molar-refractivity contribution in [2.24, 2.45) is 0 Å². The van der Waals surface area contributed by atoms with Gasteiger partial charge in [-0.15, -0.1) is 0 Å². The summed E-state index contributed by atoms with van der Waals surface area (Å²) in [7, 11) is -5.47. The van der Waals surface area contributed by atoms with E-state index < -0.39 is 46.7 Å². The zero-order chi connectivity index (χ0) is 19.5. The van der Waals surface area contributed by atoms with Crippen molar-refractivity contribution in [2.45, 2.75) is 24.5 Å². The molecule has 0 bridgehead atoms. The first kappa shape index (κ1) is 20.6. The number of aromatic nitrogens is 4. The number of nitrogens with two attached hydrogens (primary N) is 1. The maximum atomic E-state index is 10.7. The van der Waals surface area contributed by atoms with Crippen LogP contribution in [0.25, 0.3) is 11.2 Å². The summed E-state index contributed by atoms with van der Waals surface area (Å²) in [4.78, 5) is 29.2. The van der Waals surface area contributed by atoms with E-state index >= 15 is 0 Å². The molecule has 0 radical (unpaired) electrons. The second-order valence-electron chi connectivity index (χ2n) is 5.06. The standard InChI is InChI=1S/C10H14N5O7P.BH3O2/c11-8-5-9(13-2-12-8)15(3-14-5)10-7(17)6(16)4(22-10)1-21-23(18,19)20;2-1-3/h2-4,6-7,10,16-17H,1H2,(H2,11,12,13)(H2,18,19,20);1-3H/t4-,6-,7-,10-;/m1./s1. The fourth-order valence-electron chi connectivity index (χ4n) is 2.32. The SMILES string of the molecule is Nc1ncnc2c1ncn2[C@@H]1O[C@H](COP(=O)(O)O)[C@@H](O)[C@H]1O.OBO. The first-order valence-electron chi connectivity index (χ1n) is 7.06. The molecule has 3 heterocycles. The van der Waals surface area contributed by atoms with Crippen LogP contribution in [0.1, 0.15) is 6.23 Å². The molecule has 0 aliphatic carbocycles. The zero-order valence-corrected chi connectivity index (χ0v) is 14.0. The van der Waals surface area contributed by atoms with Gasteiger partial charge in [-0.2, -0.15) is 0 Å². The minimum absolute atomic E-state index is 0.142. The number of anilines is 1. The van der Waals surface area contributed by atoms with Gasteiger partial charge >= 0.3 is 15.5 Å². The van der Waals surface area contributed by atoms with E-state index in [2.05, 4.69) is 19.5 Å². The number of rotatable bonds is 4. The van der Waals surface area contributed by atoms with Crippen molar-refractivity contribution in [3.8, 4) is 0 Å². The Morgan fingerprint density at radius 1 is 1.27 bits per heavy atom. The van der Waals surface area contributed by atoms with Gasteiger partial charge in [0.2, 0.25) is 0 Å². The summed E-state index contributed by atoms with van der Waals surface area (Å²) >= 11 is 0. The average molecular weight is 393 g/mol. The fourth-order valence-corrected chi connectivity index (χ4v) is 2.66. The topological polar surface area (TPSA) is 227 Å². The lowest BCUT2D eigenvalue weighted by Gasteiger charge is -2.16. The third kappa shape index (κ3) is 4.53. The second-order valence-corrected chi connectivity index (χ2v) is 6.30. The molecule has 4 atom stereocenters. The van der Waals surface area contributed by atoms with Crippen molar-refractivity contribution in [2.75, 3.05) is 12.3 Å². The number of phosphoric ester groups is 1. The quantitative estimate of drug-likeness (QED) is 0.197. The molecule has 144 valence electrons. The highest BCUT2D eigenvalue weighted by atomic mass is 31.2. The van der Waals surface area contributed by atoms with Crippen molar-refractivity contribution in [1.82, 2.24) is 19.5 Å². The summed E-state index contributed by atoms with van der Waals surface area (Å²) < 4.78 is 21.8. The van der Waals surface area contributed by atoms with Gasteiger partial charge in [-0.1, -0.05) is 0 Å². The van der Waals surface area contributed by atoms with Crippen molar-refractivity contribution >= 4 is 32.5 Å². The maximum absolute atomic E-state index is 10.7. The van der Waals surface area contributed by atoms with E-state index in [0.29, 0.717) is 5.52 Å². The largest absolute Gasteiger partial charge is 0.469 e. The number of imidazole rings is 1. The lowest BCUT2D eigenvalue weighted by atomic mass is 10.1. The summed E-state index contributed by atoms with van der Waals surface area (Å²) in [6.07, 6.45) is -2.49. The van der Waals surface area contributed by atoms with Gasteiger partial charge in [0.25, 0.3) is 0 Å². The highest BCUT2D eigenvalue weighted by molar-refractivity contribution is 7.46. The maximum Gasteiger partial charge on any atom is 0.469 e. The van der Waals surface area contributed by atoms with E-state index in [1.54, 1.807) is 0 Å². The van der Waals surface area contributed by atoms with Gasteiger partial charge in [-0.3, -0.25) is 9.09 Å². The summed E-state index contributed by atoms with van der Waals surface area (Å²) in [6, 6.07) is 0. The van der Waals surface area contributed by atoms with E-state index in [4.69, 9.17) is 30.3 Å². The molecule has 0 spiro atoms. The molecular formula is C10H17BN5O9P. The van der Waals surface area contributed by atoms with Gasteiger partial charge in [-0.25, -0.2) is 19.5 Å². The van der Waals surface area contributed by atoms with Crippen LogP contribution in [0.4, 0.5) is 5.82 Å². The van der Waals surface area contributed by atoms with E-state index in [1.807, 2.05) is 0 Å². The number of hydrogen-bond donors (Lipinski definition) is 7. The molecule has 1 aliphatic heterocycles. The molecule has 8 N–H and O–H groups in total. The highest BCUT2D eigenvalue weighted by Gasteiger charge is 2.45. The number of phosphoric acid groups is 1. The highest BCUT2D eigenvalue weighted by Crippen LogP contribution is 2.38. The summed E-state index contributed by atoms with van der Waals surface area (Å²) in [6.45, 7) is -0.594. The monoisotopic (exact) mass is 393 g/mol. The summed E-state index contributed by atoms with van der Waals surface area (Å²) in [5.41, 5.74) is 6.25. The molecule has 3 rings (SSSR count). The molecule has 1 saturated heterocycles. The Labute approximate surface area is 146 Å². The van der Waals surface area contributed by atoms with Crippen LogP contribution < -0.4 is 5.73 Å². The Morgan fingerprint density at radius 3 is 2.54 bits per heavy atom.